The Balaban J connectivity index is 2.33. The van der Waals surface area contributed by atoms with E-state index in [0.29, 0.717) is 18.8 Å². The highest BCUT2D eigenvalue weighted by atomic mass is 19.4. The number of aliphatic hydroxyl groups excluding tert-OH is 1. The van der Waals surface area contributed by atoms with E-state index in [4.69, 9.17) is 5.11 Å². The fourth-order valence-corrected chi connectivity index (χ4v) is 2.62. The van der Waals surface area contributed by atoms with E-state index in [1.807, 2.05) is 11.9 Å². The number of likely N-dealkylation sites (N-methyl/N-ethyl adjacent to an activating group) is 1. The zero-order valence-electron chi connectivity index (χ0n) is 12.5. The van der Waals surface area contributed by atoms with E-state index in [-0.39, 0.29) is 11.1 Å². The van der Waals surface area contributed by atoms with Gasteiger partial charge in [0.15, 0.2) is 0 Å². The first-order chi connectivity index (χ1) is 9.65. The summed E-state index contributed by atoms with van der Waals surface area (Å²) in [5.41, 5.74) is -0.369. The Morgan fingerprint density at radius 1 is 1.24 bits per heavy atom. The van der Waals surface area contributed by atoms with Crippen molar-refractivity contribution in [3.63, 3.8) is 0 Å². The third-order valence-corrected chi connectivity index (χ3v) is 4.25. The van der Waals surface area contributed by atoms with Crippen LogP contribution in [-0.4, -0.2) is 42.2 Å². The predicted molar refractivity (Wildman–Crippen MR) is 76.3 cm³/mol. The molecule has 2 rings (SSSR count). The molecule has 1 aromatic carbocycles. The van der Waals surface area contributed by atoms with Gasteiger partial charge in [0.1, 0.15) is 0 Å². The first kappa shape index (κ1) is 16.1. The normalized spacial score (nSPS) is 19.9. The smallest absolute Gasteiger partial charge is 0.392 e. The van der Waals surface area contributed by atoms with Crippen LogP contribution in [0.15, 0.2) is 18.2 Å². The third-order valence-electron chi connectivity index (χ3n) is 4.25. The highest BCUT2D eigenvalue weighted by molar-refractivity contribution is 5.52. The lowest BCUT2D eigenvalue weighted by Crippen LogP contribution is -2.57. The number of nitrogens with zero attached hydrogens (tertiary/aromatic N) is 2. The van der Waals surface area contributed by atoms with Gasteiger partial charge in [-0.15, -0.1) is 0 Å². The van der Waals surface area contributed by atoms with Gasteiger partial charge in [-0.2, -0.15) is 13.2 Å². The highest BCUT2D eigenvalue weighted by Gasteiger charge is 2.35. The van der Waals surface area contributed by atoms with Crippen molar-refractivity contribution in [3.05, 3.63) is 29.3 Å². The monoisotopic (exact) mass is 302 g/mol. The summed E-state index contributed by atoms with van der Waals surface area (Å²) in [6.07, 6.45) is -4.45. The van der Waals surface area contributed by atoms with Gasteiger partial charge < -0.3 is 10.0 Å². The molecule has 0 bridgehead atoms. The summed E-state index contributed by atoms with van der Waals surface area (Å²) in [6.45, 7) is 5.70. The van der Waals surface area contributed by atoms with E-state index in [2.05, 4.69) is 18.7 Å². The van der Waals surface area contributed by atoms with Gasteiger partial charge in [0.25, 0.3) is 0 Å². The largest absolute Gasteiger partial charge is 0.416 e. The first-order valence-electron chi connectivity index (χ1n) is 6.92. The van der Waals surface area contributed by atoms with Crippen LogP contribution in [0.1, 0.15) is 25.0 Å². The minimum Gasteiger partial charge on any atom is -0.392 e. The maximum Gasteiger partial charge on any atom is 0.416 e. The second-order valence-electron chi connectivity index (χ2n) is 6.15. The summed E-state index contributed by atoms with van der Waals surface area (Å²) in [5, 5.41) is 9.08. The minimum atomic E-state index is -4.45. The molecule has 1 fully saturated rings. The van der Waals surface area contributed by atoms with E-state index >= 15 is 0 Å². The van der Waals surface area contributed by atoms with Crippen LogP contribution >= 0.6 is 0 Å². The number of benzene rings is 1. The van der Waals surface area contributed by atoms with E-state index in [0.717, 1.165) is 12.6 Å². The zero-order chi connectivity index (χ0) is 15.8. The maximum atomic E-state index is 13.1. The summed E-state index contributed by atoms with van der Waals surface area (Å²) in [7, 11) is 2.02. The van der Waals surface area contributed by atoms with Crippen LogP contribution in [0.2, 0.25) is 0 Å². The average molecular weight is 302 g/mol. The molecule has 0 spiro atoms. The van der Waals surface area contributed by atoms with Gasteiger partial charge >= 0.3 is 6.18 Å². The molecule has 1 N–H and O–H groups in total. The predicted octanol–water partition coefficient (Wildman–Crippen LogP) is 2.73. The molecule has 21 heavy (non-hydrogen) atoms. The summed E-state index contributed by atoms with van der Waals surface area (Å²) in [6, 6.07) is 4.17. The number of hydrogen-bond donors (Lipinski definition) is 1. The van der Waals surface area contributed by atoms with Gasteiger partial charge in [-0.25, -0.2) is 0 Å². The van der Waals surface area contributed by atoms with Gasteiger partial charge in [0.05, 0.1) is 12.2 Å². The van der Waals surface area contributed by atoms with Crippen molar-refractivity contribution in [2.24, 2.45) is 0 Å². The number of halogens is 3. The Kier molecular flexibility index (Phi) is 4.22. The van der Waals surface area contributed by atoms with Crippen molar-refractivity contribution in [2.45, 2.75) is 32.2 Å². The van der Waals surface area contributed by atoms with E-state index in [1.165, 1.54) is 6.07 Å². The van der Waals surface area contributed by atoms with Crippen LogP contribution in [0.3, 0.4) is 0 Å². The van der Waals surface area contributed by atoms with Crippen LogP contribution < -0.4 is 4.90 Å². The molecule has 1 aliphatic heterocycles. The van der Waals surface area contributed by atoms with Gasteiger partial charge in [-0.1, -0.05) is 6.07 Å². The van der Waals surface area contributed by atoms with E-state index < -0.39 is 18.3 Å². The fraction of sp³-hybridized carbons (Fsp3) is 0.600. The second kappa shape index (κ2) is 5.50. The molecular weight excluding hydrogens is 281 g/mol. The number of hydrogen-bond acceptors (Lipinski definition) is 3. The van der Waals surface area contributed by atoms with E-state index in [1.54, 1.807) is 6.07 Å². The Morgan fingerprint density at radius 2 is 1.90 bits per heavy atom. The topological polar surface area (TPSA) is 26.7 Å². The SMILES string of the molecule is CN1CCN(c2ccc(CO)c(C(F)(F)F)c2)CC1(C)C. The minimum absolute atomic E-state index is 0.0837. The first-order valence-corrected chi connectivity index (χ1v) is 6.92. The quantitative estimate of drug-likeness (QED) is 0.910. The lowest BCUT2D eigenvalue weighted by molar-refractivity contribution is -0.138. The molecule has 1 saturated heterocycles. The number of piperazine rings is 1. The number of rotatable bonds is 2. The molecule has 0 amide bonds. The lowest BCUT2D eigenvalue weighted by Gasteiger charge is -2.46. The average Bonchev–Trinajstić information content (AvgIpc) is 2.40. The summed E-state index contributed by atoms with van der Waals surface area (Å²) >= 11 is 0. The van der Waals surface area contributed by atoms with Crippen LogP contribution in [0.25, 0.3) is 0 Å². The molecule has 3 nitrogen and oxygen atoms in total. The van der Waals surface area contributed by atoms with Gasteiger partial charge in [-0.05, 0) is 38.6 Å². The molecular formula is C15H21F3N2O. The van der Waals surface area contributed by atoms with Crippen molar-refractivity contribution in [3.8, 4) is 0 Å². The Labute approximate surface area is 123 Å². The Bertz CT molecular complexity index is 514. The second-order valence-corrected chi connectivity index (χ2v) is 6.15. The van der Waals surface area contributed by atoms with Crippen LogP contribution in [-0.2, 0) is 12.8 Å². The Morgan fingerprint density at radius 3 is 2.43 bits per heavy atom. The van der Waals surface area contributed by atoms with Crippen LogP contribution in [0.5, 0.6) is 0 Å². The molecule has 0 saturated carbocycles. The van der Waals surface area contributed by atoms with Crippen molar-refractivity contribution >= 4 is 5.69 Å². The molecule has 0 unspecified atom stereocenters. The van der Waals surface area contributed by atoms with E-state index in [9.17, 15) is 13.2 Å². The molecule has 1 aromatic rings. The standard InChI is InChI=1S/C15H21F3N2O/c1-14(2)10-20(7-6-19(14)3)12-5-4-11(9-21)13(8-12)15(16,17)18/h4-5,8,21H,6-7,9-10H2,1-3H3. The van der Waals surface area contributed by atoms with Crippen molar-refractivity contribution in [1.29, 1.82) is 0 Å². The summed E-state index contributed by atoms with van der Waals surface area (Å²) < 4.78 is 39.2. The van der Waals surface area contributed by atoms with Gasteiger partial charge in [-0.3, -0.25) is 4.90 Å². The van der Waals surface area contributed by atoms with Crippen molar-refractivity contribution in [1.82, 2.24) is 4.90 Å². The number of alkyl halides is 3. The molecule has 6 heteroatoms. The van der Waals surface area contributed by atoms with Gasteiger partial charge in [0, 0.05) is 30.9 Å². The molecule has 0 atom stereocenters. The van der Waals surface area contributed by atoms with Crippen molar-refractivity contribution in [2.75, 3.05) is 31.6 Å². The molecule has 1 heterocycles. The third kappa shape index (κ3) is 3.32. The molecule has 0 aromatic heterocycles. The maximum absolute atomic E-state index is 13.1. The zero-order valence-corrected chi connectivity index (χ0v) is 12.5. The van der Waals surface area contributed by atoms with Crippen LogP contribution in [0, 0.1) is 0 Å². The summed E-state index contributed by atoms with van der Waals surface area (Å²) in [4.78, 5) is 4.17. The highest BCUT2D eigenvalue weighted by Crippen LogP contribution is 2.35. The van der Waals surface area contributed by atoms with Crippen LogP contribution in [0.4, 0.5) is 18.9 Å². The molecule has 1 aliphatic rings. The number of aliphatic hydroxyl groups is 1. The molecule has 0 radical (unpaired) electrons. The van der Waals surface area contributed by atoms with Crippen molar-refractivity contribution < 1.29 is 18.3 Å². The fourth-order valence-electron chi connectivity index (χ4n) is 2.62. The Hall–Kier alpha value is -1.27. The number of anilines is 1. The molecule has 0 aliphatic carbocycles. The summed E-state index contributed by atoms with van der Waals surface area (Å²) in [5.74, 6) is 0. The lowest BCUT2D eigenvalue weighted by atomic mass is 9.98. The van der Waals surface area contributed by atoms with Gasteiger partial charge in [0.2, 0.25) is 0 Å². The molecule has 118 valence electrons.